The summed E-state index contributed by atoms with van der Waals surface area (Å²) in [6, 6.07) is 11.1. The number of methoxy groups -OCH3 is 3. The number of carbonyl (C=O) groups is 2. The molecular formula is C26H30N2O7. The van der Waals surface area contributed by atoms with Crippen LogP contribution in [0.1, 0.15) is 17.2 Å². The van der Waals surface area contributed by atoms with Crippen LogP contribution in [0.5, 0.6) is 17.2 Å². The molecule has 0 aliphatic carbocycles. The minimum absolute atomic E-state index is 0.0364. The van der Waals surface area contributed by atoms with Gasteiger partial charge in [0.1, 0.15) is 11.5 Å². The van der Waals surface area contributed by atoms with Gasteiger partial charge < -0.3 is 29.0 Å². The number of aliphatic hydroxyl groups excluding tert-OH is 1. The highest BCUT2D eigenvalue weighted by molar-refractivity contribution is 6.46. The monoisotopic (exact) mass is 482 g/mol. The largest absolute Gasteiger partial charge is 0.507 e. The molecule has 2 heterocycles. The molecule has 2 aromatic carbocycles. The first kappa shape index (κ1) is 24.6. The average molecular weight is 483 g/mol. The molecule has 9 heteroatoms. The van der Waals surface area contributed by atoms with Crippen LogP contribution in [-0.2, 0) is 14.3 Å². The molecule has 1 unspecified atom stereocenters. The quantitative estimate of drug-likeness (QED) is 0.348. The first-order chi connectivity index (χ1) is 17.0. The molecule has 0 aromatic heterocycles. The third-order valence-corrected chi connectivity index (χ3v) is 6.39. The fourth-order valence-electron chi connectivity index (χ4n) is 4.46. The van der Waals surface area contributed by atoms with E-state index in [0.717, 1.165) is 13.1 Å². The number of hydrogen-bond donors (Lipinski definition) is 1. The maximum atomic E-state index is 13.2. The average Bonchev–Trinajstić information content (AvgIpc) is 3.16. The Hall–Kier alpha value is -3.56. The van der Waals surface area contributed by atoms with Crippen molar-refractivity contribution < 1.29 is 33.6 Å². The van der Waals surface area contributed by atoms with Crippen molar-refractivity contribution in [3.05, 3.63) is 59.2 Å². The highest BCUT2D eigenvalue weighted by atomic mass is 16.5. The third kappa shape index (κ3) is 4.96. The van der Waals surface area contributed by atoms with Crippen LogP contribution in [-0.4, -0.2) is 87.3 Å². The van der Waals surface area contributed by atoms with E-state index in [1.54, 1.807) is 49.6 Å². The zero-order valence-electron chi connectivity index (χ0n) is 20.2. The molecule has 2 aliphatic rings. The van der Waals surface area contributed by atoms with Crippen molar-refractivity contribution >= 4 is 17.4 Å². The summed E-state index contributed by atoms with van der Waals surface area (Å²) in [5, 5.41) is 11.2. The van der Waals surface area contributed by atoms with Crippen molar-refractivity contribution in [2.45, 2.75) is 6.04 Å². The number of benzene rings is 2. The predicted molar refractivity (Wildman–Crippen MR) is 129 cm³/mol. The Labute approximate surface area is 204 Å². The lowest BCUT2D eigenvalue weighted by molar-refractivity contribution is -0.140. The topological polar surface area (TPSA) is 97.8 Å². The van der Waals surface area contributed by atoms with Crippen molar-refractivity contribution in [3.8, 4) is 17.2 Å². The van der Waals surface area contributed by atoms with E-state index in [9.17, 15) is 14.7 Å². The normalized spacial score (nSPS) is 20.2. The Morgan fingerprint density at radius 3 is 2.26 bits per heavy atom. The van der Waals surface area contributed by atoms with E-state index in [0.29, 0.717) is 54.7 Å². The molecular weight excluding hydrogens is 452 g/mol. The molecule has 0 spiro atoms. The van der Waals surface area contributed by atoms with Crippen LogP contribution in [0.4, 0.5) is 0 Å². The van der Waals surface area contributed by atoms with Crippen LogP contribution < -0.4 is 14.2 Å². The minimum Gasteiger partial charge on any atom is -0.507 e. The minimum atomic E-state index is -0.780. The second kappa shape index (κ2) is 10.8. The van der Waals surface area contributed by atoms with E-state index >= 15 is 0 Å². The van der Waals surface area contributed by atoms with Gasteiger partial charge in [-0.05, 0) is 42.0 Å². The first-order valence-corrected chi connectivity index (χ1v) is 11.4. The first-order valence-electron chi connectivity index (χ1n) is 11.4. The van der Waals surface area contributed by atoms with Gasteiger partial charge in [-0.1, -0.05) is 6.07 Å². The number of likely N-dealkylation sites (tertiary alicyclic amines) is 1. The zero-order valence-corrected chi connectivity index (χ0v) is 20.2. The van der Waals surface area contributed by atoms with Gasteiger partial charge in [0.2, 0.25) is 0 Å². The summed E-state index contributed by atoms with van der Waals surface area (Å²) in [6.45, 7) is 3.70. The third-order valence-electron chi connectivity index (χ3n) is 6.39. The number of ether oxygens (including phenoxy) is 4. The van der Waals surface area contributed by atoms with Crippen LogP contribution >= 0.6 is 0 Å². The summed E-state index contributed by atoms with van der Waals surface area (Å²) in [7, 11) is 4.61. The Morgan fingerprint density at radius 1 is 0.943 bits per heavy atom. The molecule has 186 valence electrons. The van der Waals surface area contributed by atoms with Gasteiger partial charge >= 0.3 is 0 Å². The number of amides is 1. The molecule has 0 radical (unpaired) electrons. The Bertz CT molecular complexity index is 1110. The van der Waals surface area contributed by atoms with E-state index in [2.05, 4.69) is 4.90 Å². The fraction of sp³-hybridized carbons (Fsp3) is 0.385. The van der Waals surface area contributed by atoms with Crippen molar-refractivity contribution in [3.63, 3.8) is 0 Å². The number of hydrogen-bond acceptors (Lipinski definition) is 8. The number of carbonyl (C=O) groups excluding carboxylic acids is 2. The predicted octanol–water partition coefficient (Wildman–Crippen LogP) is 2.47. The van der Waals surface area contributed by atoms with Gasteiger partial charge in [-0.25, -0.2) is 0 Å². The van der Waals surface area contributed by atoms with Crippen LogP contribution in [0.3, 0.4) is 0 Å². The lowest BCUT2D eigenvalue weighted by Crippen LogP contribution is -2.42. The lowest BCUT2D eigenvalue weighted by Gasteiger charge is -2.31. The summed E-state index contributed by atoms with van der Waals surface area (Å²) >= 11 is 0. The zero-order chi connectivity index (χ0) is 24.9. The van der Waals surface area contributed by atoms with E-state index in [1.807, 2.05) is 0 Å². The molecule has 1 N–H and O–H groups in total. The van der Waals surface area contributed by atoms with Gasteiger partial charge in [-0.3, -0.25) is 14.5 Å². The Balaban J connectivity index is 1.77. The highest BCUT2D eigenvalue weighted by Gasteiger charge is 2.46. The molecule has 2 saturated heterocycles. The fourth-order valence-corrected chi connectivity index (χ4v) is 4.46. The standard InChI is InChI=1S/C26H30N2O7/c1-32-19-7-4-17(5-8-19)24(29)22-23(18-6-9-20(33-2)21(16-18)34-3)28(26(31)25(22)30)11-10-27-12-14-35-15-13-27/h4-9,16,23,29H,10-15H2,1-3H3/b24-22+. The summed E-state index contributed by atoms with van der Waals surface area (Å²) in [4.78, 5) is 30.2. The maximum absolute atomic E-state index is 13.2. The Kier molecular flexibility index (Phi) is 7.57. The van der Waals surface area contributed by atoms with Crippen molar-refractivity contribution in [2.75, 3.05) is 60.7 Å². The van der Waals surface area contributed by atoms with Crippen molar-refractivity contribution in [1.29, 1.82) is 0 Å². The number of Topliss-reactive ketones (excluding diaryl/α,β-unsaturated/α-hetero) is 1. The van der Waals surface area contributed by atoms with Crippen molar-refractivity contribution in [1.82, 2.24) is 9.80 Å². The summed E-state index contributed by atoms with van der Waals surface area (Å²) in [6.07, 6.45) is 0. The molecule has 0 bridgehead atoms. The summed E-state index contributed by atoms with van der Waals surface area (Å²) in [5.74, 6) is 0.00156. The van der Waals surface area contributed by atoms with Crippen LogP contribution in [0.25, 0.3) is 5.76 Å². The molecule has 2 fully saturated rings. The number of aliphatic hydroxyl groups is 1. The number of nitrogens with zero attached hydrogens (tertiary/aromatic N) is 2. The number of morpholine rings is 1. The van der Waals surface area contributed by atoms with Gasteiger partial charge in [0.05, 0.1) is 46.2 Å². The SMILES string of the molecule is COc1ccc(/C(O)=C2\C(=O)C(=O)N(CCN3CCOCC3)C2c2ccc(OC)c(OC)c2)cc1. The molecule has 1 atom stereocenters. The van der Waals surface area contributed by atoms with E-state index < -0.39 is 17.7 Å². The van der Waals surface area contributed by atoms with Gasteiger partial charge in [0.25, 0.3) is 11.7 Å². The van der Waals surface area contributed by atoms with E-state index in [4.69, 9.17) is 18.9 Å². The molecule has 0 saturated carbocycles. The number of rotatable bonds is 8. The highest BCUT2D eigenvalue weighted by Crippen LogP contribution is 2.42. The van der Waals surface area contributed by atoms with Gasteiger partial charge in [0, 0.05) is 31.7 Å². The number of ketones is 1. The van der Waals surface area contributed by atoms with Gasteiger partial charge in [-0.15, -0.1) is 0 Å². The van der Waals surface area contributed by atoms with Crippen LogP contribution in [0, 0.1) is 0 Å². The molecule has 4 rings (SSSR count). The maximum Gasteiger partial charge on any atom is 0.295 e. The molecule has 2 aromatic rings. The van der Waals surface area contributed by atoms with Crippen LogP contribution in [0.15, 0.2) is 48.0 Å². The molecule has 35 heavy (non-hydrogen) atoms. The smallest absolute Gasteiger partial charge is 0.295 e. The van der Waals surface area contributed by atoms with E-state index in [1.165, 1.54) is 19.1 Å². The second-order valence-corrected chi connectivity index (χ2v) is 8.29. The molecule has 1 amide bonds. The summed E-state index contributed by atoms with van der Waals surface area (Å²) in [5.41, 5.74) is 1.09. The summed E-state index contributed by atoms with van der Waals surface area (Å²) < 4.78 is 21.4. The van der Waals surface area contributed by atoms with Gasteiger partial charge in [0.15, 0.2) is 11.5 Å². The molecule has 9 nitrogen and oxygen atoms in total. The van der Waals surface area contributed by atoms with E-state index in [-0.39, 0.29) is 11.3 Å². The molecule has 2 aliphatic heterocycles. The van der Waals surface area contributed by atoms with Crippen LogP contribution in [0.2, 0.25) is 0 Å². The lowest BCUT2D eigenvalue weighted by atomic mass is 9.95. The van der Waals surface area contributed by atoms with Crippen molar-refractivity contribution in [2.24, 2.45) is 0 Å². The van der Waals surface area contributed by atoms with Gasteiger partial charge in [-0.2, -0.15) is 0 Å². The second-order valence-electron chi connectivity index (χ2n) is 8.29. The Morgan fingerprint density at radius 2 is 1.63 bits per heavy atom.